The standard InChI is InChI=1S/C33H35ClF3N3O4/c1-20(41)38-17-21-7-5-9-23(13-21)30-26-15-25(34)11-12-27(26)40(19-32(2,3)4)31(43)28(44-30)16-29(42)39-18-22-8-6-10-24(14-22)33(35,36)37/h5-15,28,30H,16-19H2,1-4H3,(H,38,41)(H,39,42). The van der Waals surface area contributed by atoms with Gasteiger partial charge in [-0.15, -0.1) is 0 Å². The average Bonchev–Trinajstić information content (AvgIpc) is 3.04. The Hall–Kier alpha value is -3.89. The first-order valence-corrected chi connectivity index (χ1v) is 14.5. The number of benzene rings is 3. The van der Waals surface area contributed by atoms with Crippen molar-refractivity contribution in [3.8, 4) is 0 Å². The molecular weight excluding hydrogens is 595 g/mol. The molecule has 0 bridgehead atoms. The average molecular weight is 630 g/mol. The molecule has 0 radical (unpaired) electrons. The van der Waals surface area contributed by atoms with E-state index in [0.29, 0.717) is 28.4 Å². The van der Waals surface area contributed by atoms with E-state index in [0.717, 1.165) is 17.7 Å². The predicted octanol–water partition coefficient (Wildman–Crippen LogP) is 6.57. The molecule has 3 amide bonds. The van der Waals surface area contributed by atoms with Gasteiger partial charge >= 0.3 is 6.18 Å². The van der Waals surface area contributed by atoms with Gasteiger partial charge in [-0.1, -0.05) is 68.8 Å². The van der Waals surface area contributed by atoms with E-state index < -0.39 is 35.8 Å². The molecule has 1 heterocycles. The number of carbonyl (C=O) groups is 3. The van der Waals surface area contributed by atoms with E-state index in [1.807, 2.05) is 45.0 Å². The zero-order valence-electron chi connectivity index (χ0n) is 24.9. The minimum Gasteiger partial charge on any atom is -0.355 e. The van der Waals surface area contributed by atoms with Gasteiger partial charge in [-0.05, 0) is 52.4 Å². The highest BCUT2D eigenvalue weighted by Crippen LogP contribution is 2.41. The van der Waals surface area contributed by atoms with Gasteiger partial charge in [0.05, 0.1) is 12.0 Å². The van der Waals surface area contributed by atoms with Gasteiger partial charge in [0.2, 0.25) is 11.8 Å². The molecule has 3 aromatic carbocycles. The van der Waals surface area contributed by atoms with E-state index >= 15 is 0 Å². The minimum atomic E-state index is -4.51. The Kier molecular flexibility index (Phi) is 10.1. The number of amides is 3. The summed E-state index contributed by atoms with van der Waals surface area (Å²) >= 11 is 6.43. The van der Waals surface area contributed by atoms with E-state index in [9.17, 15) is 27.6 Å². The second-order valence-corrected chi connectivity index (χ2v) is 12.5. The highest BCUT2D eigenvalue weighted by molar-refractivity contribution is 6.30. The molecule has 4 rings (SSSR count). The van der Waals surface area contributed by atoms with Crippen LogP contribution in [0, 0.1) is 5.41 Å². The zero-order valence-corrected chi connectivity index (χ0v) is 25.7. The molecule has 0 spiro atoms. The maximum Gasteiger partial charge on any atom is 0.416 e. The van der Waals surface area contributed by atoms with E-state index in [2.05, 4.69) is 10.6 Å². The van der Waals surface area contributed by atoms with Crippen LogP contribution in [0.1, 0.15) is 68.0 Å². The van der Waals surface area contributed by atoms with Crippen LogP contribution in [0.25, 0.3) is 0 Å². The fourth-order valence-corrected chi connectivity index (χ4v) is 5.17. The molecule has 234 valence electrons. The SMILES string of the molecule is CC(=O)NCc1cccc(C2OC(CC(=O)NCc3cccc(C(F)(F)F)c3)C(=O)N(CC(C)(C)C)c3ccc(Cl)cc32)c1. The third-order valence-corrected chi connectivity index (χ3v) is 7.18. The van der Waals surface area contributed by atoms with Crippen LogP contribution in [-0.4, -0.2) is 30.4 Å². The molecule has 7 nitrogen and oxygen atoms in total. The molecular formula is C33H35ClF3N3O4. The zero-order chi connectivity index (χ0) is 32.2. The lowest BCUT2D eigenvalue weighted by Gasteiger charge is -2.31. The van der Waals surface area contributed by atoms with Crippen molar-refractivity contribution in [2.45, 2.75) is 65.6 Å². The largest absolute Gasteiger partial charge is 0.416 e. The van der Waals surface area contributed by atoms with Gasteiger partial charge in [0.1, 0.15) is 12.2 Å². The Bertz CT molecular complexity index is 1540. The molecule has 2 atom stereocenters. The summed E-state index contributed by atoms with van der Waals surface area (Å²) in [5.41, 5.74) is 1.87. The van der Waals surface area contributed by atoms with Gasteiger partial charge in [-0.2, -0.15) is 13.2 Å². The van der Waals surface area contributed by atoms with E-state index in [4.69, 9.17) is 16.3 Å². The summed E-state index contributed by atoms with van der Waals surface area (Å²) in [4.78, 5) is 40.3. The molecule has 44 heavy (non-hydrogen) atoms. The number of anilines is 1. The molecule has 2 N–H and O–H groups in total. The van der Waals surface area contributed by atoms with Crippen LogP contribution in [0.5, 0.6) is 0 Å². The van der Waals surface area contributed by atoms with Crippen LogP contribution in [0.2, 0.25) is 5.02 Å². The molecule has 0 fully saturated rings. The first kappa shape index (κ1) is 33.0. The second kappa shape index (κ2) is 13.4. The van der Waals surface area contributed by atoms with Gasteiger partial charge in [0, 0.05) is 42.8 Å². The second-order valence-electron chi connectivity index (χ2n) is 12.0. The molecule has 1 aliphatic heterocycles. The lowest BCUT2D eigenvalue weighted by molar-refractivity contribution is -0.138. The normalized spacial score (nSPS) is 17.1. The molecule has 11 heteroatoms. The number of halogens is 4. The van der Waals surface area contributed by atoms with Crippen LogP contribution in [0.3, 0.4) is 0 Å². The lowest BCUT2D eigenvalue weighted by atomic mass is 9.94. The van der Waals surface area contributed by atoms with Crippen LogP contribution in [0.15, 0.2) is 66.7 Å². The summed E-state index contributed by atoms with van der Waals surface area (Å²) in [6.07, 6.45) is -6.88. The third-order valence-electron chi connectivity index (χ3n) is 6.95. The Morgan fingerprint density at radius 3 is 2.25 bits per heavy atom. The number of nitrogens with one attached hydrogen (secondary N) is 2. The molecule has 2 unspecified atom stereocenters. The van der Waals surface area contributed by atoms with Gasteiger partial charge in [-0.25, -0.2) is 0 Å². The number of rotatable bonds is 8. The van der Waals surface area contributed by atoms with Crippen molar-refractivity contribution in [1.82, 2.24) is 10.6 Å². The van der Waals surface area contributed by atoms with Crippen LogP contribution >= 0.6 is 11.6 Å². The van der Waals surface area contributed by atoms with E-state index in [-0.39, 0.29) is 36.4 Å². The number of hydrogen-bond acceptors (Lipinski definition) is 4. The molecule has 0 saturated carbocycles. The monoisotopic (exact) mass is 629 g/mol. The first-order valence-electron chi connectivity index (χ1n) is 14.1. The van der Waals surface area contributed by atoms with E-state index in [1.165, 1.54) is 19.1 Å². The summed E-state index contributed by atoms with van der Waals surface area (Å²) < 4.78 is 45.9. The summed E-state index contributed by atoms with van der Waals surface area (Å²) in [7, 11) is 0. The highest BCUT2D eigenvalue weighted by Gasteiger charge is 2.39. The first-order chi connectivity index (χ1) is 20.6. The summed E-state index contributed by atoms with van der Waals surface area (Å²) in [5.74, 6) is -1.16. The van der Waals surface area contributed by atoms with Gasteiger partial charge in [0.25, 0.3) is 5.91 Å². The summed E-state index contributed by atoms with van der Waals surface area (Å²) in [6.45, 7) is 7.84. The molecule has 3 aromatic rings. The number of fused-ring (bicyclic) bond motifs is 1. The topological polar surface area (TPSA) is 87.7 Å². The number of carbonyl (C=O) groups excluding carboxylic acids is 3. The number of nitrogens with zero attached hydrogens (tertiary/aromatic N) is 1. The maximum atomic E-state index is 14.1. The number of hydrogen-bond donors (Lipinski definition) is 2. The van der Waals surface area contributed by atoms with Crippen LogP contribution in [0.4, 0.5) is 18.9 Å². The van der Waals surface area contributed by atoms with Crippen molar-refractivity contribution < 1.29 is 32.3 Å². The van der Waals surface area contributed by atoms with Crippen LogP contribution in [-0.2, 0) is 38.4 Å². The molecule has 0 saturated heterocycles. The Morgan fingerprint density at radius 1 is 0.932 bits per heavy atom. The van der Waals surface area contributed by atoms with Gasteiger partial charge < -0.3 is 20.3 Å². The van der Waals surface area contributed by atoms with Crippen molar-refractivity contribution >= 4 is 35.0 Å². The van der Waals surface area contributed by atoms with Crippen molar-refractivity contribution in [2.75, 3.05) is 11.4 Å². The lowest BCUT2D eigenvalue weighted by Crippen LogP contribution is -2.45. The fraction of sp³-hybridized carbons (Fsp3) is 0.364. The Morgan fingerprint density at radius 2 is 1.59 bits per heavy atom. The van der Waals surface area contributed by atoms with Crippen molar-refractivity contribution in [3.05, 3.63) is 99.6 Å². The van der Waals surface area contributed by atoms with Crippen molar-refractivity contribution in [1.29, 1.82) is 0 Å². The highest BCUT2D eigenvalue weighted by atomic mass is 35.5. The van der Waals surface area contributed by atoms with Crippen molar-refractivity contribution in [2.24, 2.45) is 5.41 Å². The molecule has 0 aromatic heterocycles. The minimum absolute atomic E-state index is 0.153. The quantitative estimate of drug-likeness (QED) is 0.295. The van der Waals surface area contributed by atoms with Gasteiger partial charge in [0.15, 0.2) is 0 Å². The summed E-state index contributed by atoms with van der Waals surface area (Å²) in [6, 6.07) is 17.2. The third kappa shape index (κ3) is 8.60. The number of alkyl halides is 3. The number of ether oxygens (including phenoxy) is 1. The maximum absolute atomic E-state index is 14.1. The summed E-state index contributed by atoms with van der Waals surface area (Å²) in [5, 5.41) is 5.84. The molecule has 1 aliphatic rings. The van der Waals surface area contributed by atoms with Crippen molar-refractivity contribution in [3.63, 3.8) is 0 Å². The van der Waals surface area contributed by atoms with Crippen LogP contribution < -0.4 is 15.5 Å². The predicted molar refractivity (Wildman–Crippen MR) is 162 cm³/mol. The van der Waals surface area contributed by atoms with E-state index in [1.54, 1.807) is 23.1 Å². The smallest absolute Gasteiger partial charge is 0.355 e. The molecule has 0 aliphatic carbocycles. The Balaban J connectivity index is 1.67. The Labute approximate surface area is 259 Å². The fourth-order valence-electron chi connectivity index (χ4n) is 4.99. The van der Waals surface area contributed by atoms with Gasteiger partial charge in [-0.3, -0.25) is 14.4 Å².